The Balaban J connectivity index is 1.81. The van der Waals surface area contributed by atoms with Gasteiger partial charge < -0.3 is 11.1 Å². The van der Waals surface area contributed by atoms with Crippen LogP contribution in [0.4, 0.5) is 5.69 Å². The van der Waals surface area contributed by atoms with E-state index >= 15 is 0 Å². The molecule has 0 radical (unpaired) electrons. The number of hydrogen-bond acceptors (Lipinski definition) is 4. The third kappa shape index (κ3) is 3.79. The molecule has 0 saturated heterocycles. The molecular weight excluding hydrogens is 326 g/mol. The zero-order valence-electron chi connectivity index (χ0n) is 13.8. The fourth-order valence-corrected chi connectivity index (χ4v) is 5.05. The molecule has 1 heterocycles. The highest BCUT2D eigenvalue weighted by molar-refractivity contribution is 7.89. The van der Waals surface area contributed by atoms with Gasteiger partial charge in [-0.3, -0.25) is 4.79 Å². The molecule has 1 aliphatic carbocycles. The number of aryl methyl sites for hydroxylation is 1. The maximum atomic E-state index is 12.7. The third-order valence-electron chi connectivity index (χ3n) is 5.04. The molecule has 1 saturated carbocycles. The number of amides is 1. The van der Waals surface area contributed by atoms with Crippen LogP contribution in [0.5, 0.6) is 0 Å². The first-order valence-electron chi connectivity index (χ1n) is 8.65. The summed E-state index contributed by atoms with van der Waals surface area (Å²) in [7, 11) is -3.61. The fourth-order valence-electron chi connectivity index (χ4n) is 3.68. The SMILES string of the molecule is NCC(NS(=O)(=O)c1ccc2c(c1)CCCC(=O)N2)C1CCCC1. The molecule has 132 valence electrons. The quantitative estimate of drug-likeness (QED) is 0.752. The Labute approximate surface area is 143 Å². The van der Waals surface area contributed by atoms with Gasteiger partial charge in [0.25, 0.3) is 0 Å². The Morgan fingerprint density at radius 2 is 1.96 bits per heavy atom. The van der Waals surface area contributed by atoms with Crippen LogP contribution in [0, 0.1) is 5.92 Å². The van der Waals surface area contributed by atoms with Crippen molar-refractivity contribution in [3.05, 3.63) is 23.8 Å². The summed E-state index contributed by atoms with van der Waals surface area (Å²) in [4.78, 5) is 11.8. The summed E-state index contributed by atoms with van der Waals surface area (Å²) in [5.74, 6) is 0.303. The third-order valence-corrected chi connectivity index (χ3v) is 6.53. The van der Waals surface area contributed by atoms with Gasteiger partial charge >= 0.3 is 0 Å². The number of nitrogens with one attached hydrogen (secondary N) is 2. The van der Waals surface area contributed by atoms with Crippen molar-refractivity contribution < 1.29 is 13.2 Å². The maximum Gasteiger partial charge on any atom is 0.240 e. The zero-order chi connectivity index (χ0) is 17.2. The van der Waals surface area contributed by atoms with E-state index in [-0.39, 0.29) is 16.8 Å². The molecule has 24 heavy (non-hydrogen) atoms. The second-order valence-electron chi connectivity index (χ2n) is 6.73. The van der Waals surface area contributed by atoms with Crippen molar-refractivity contribution >= 4 is 21.6 Å². The van der Waals surface area contributed by atoms with Crippen LogP contribution in [0.15, 0.2) is 23.1 Å². The molecule has 7 heteroatoms. The van der Waals surface area contributed by atoms with E-state index in [2.05, 4.69) is 10.0 Å². The number of fused-ring (bicyclic) bond motifs is 1. The number of hydrogen-bond donors (Lipinski definition) is 3. The van der Waals surface area contributed by atoms with Crippen LogP contribution in [0.1, 0.15) is 44.1 Å². The monoisotopic (exact) mass is 351 g/mol. The molecule has 1 unspecified atom stereocenters. The first-order valence-corrected chi connectivity index (χ1v) is 10.1. The smallest absolute Gasteiger partial charge is 0.240 e. The molecule has 0 aromatic heterocycles. The van der Waals surface area contributed by atoms with Crippen molar-refractivity contribution in [3.63, 3.8) is 0 Å². The maximum absolute atomic E-state index is 12.7. The molecule has 2 aliphatic rings. The van der Waals surface area contributed by atoms with Crippen LogP contribution in [-0.2, 0) is 21.2 Å². The summed E-state index contributed by atoms with van der Waals surface area (Å²) < 4.78 is 28.3. The topological polar surface area (TPSA) is 101 Å². The van der Waals surface area contributed by atoms with E-state index in [4.69, 9.17) is 5.73 Å². The Kier molecular flexibility index (Phi) is 5.22. The van der Waals surface area contributed by atoms with Gasteiger partial charge in [0.2, 0.25) is 15.9 Å². The molecule has 1 atom stereocenters. The average Bonchev–Trinajstić information content (AvgIpc) is 3.01. The molecule has 1 aromatic carbocycles. The first-order chi connectivity index (χ1) is 11.5. The second-order valence-corrected chi connectivity index (χ2v) is 8.44. The van der Waals surface area contributed by atoms with Crippen molar-refractivity contribution in [2.75, 3.05) is 11.9 Å². The fraction of sp³-hybridized carbons (Fsp3) is 0.588. The Bertz CT molecular complexity index is 712. The molecule has 1 fully saturated rings. The highest BCUT2D eigenvalue weighted by Gasteiger charge is 2.28. The van der Waals surface area contributed by atoms with E-state index in [0.717, 1.165) is 37.7 Å². The van der Waals surface area contributed by atoms with E-state index in [0.29, 0.717) is 31.0 Å². The van der Waals surface area contributed by atoms with Crippen LogP contribution in [0.25, 0.3) is 0 Å². The molecule has 1 aliphatic heterocycles. The van der Waals surface area contributed by atoms with Gasteiger partial charge in [-0.2, -0.15) is 0 Å². The van der Waals surface area contributed by atoms with Gasteiger partial charge in [-0.25, -0.2) is 13.1 Å². The summed E-state index contributed by atoms with van der Waals surface area (Å²) in [6.07, 6.45) is 6.22. The number of anilines is 1. The van der Waals surface area contributed by atoms with Gasteiger partial charge in [0.05, 0.1) is 4.90 Å². The summed E-state index contributed by atoms with van der Waals surface area (Å²) >= 11 is 0. The van der Waals surface area contributed by atoms with Crippen molar-refractivity contribution in [2.45, 2.75) is 55.9 Å². The normalized spacial score (nSPS) is 20.3. The van der Waals surface area contributed by atoms with Gasteiger partial charge in [-0.15, -0.1) is 0 Å². The Morgan fingerprint density at radius 3 is 2.67 bits per heavy atom. The standard InChI is InChI=1S/C17H25N3O3S/c18-11-16(12-4-1-2-5-12)20-24(22,23)14-8-9-15-13(10-14)6-3-7-17(21)19-15/h8-10,12,16,20H,1-7,11,18H2,(H,19,21). The predicted octanol–water partition coefficient (Wildman–Crippen LogP) is 1.76. The van der Waals surface area contributed by atoms with Crippen LogP contribution in [0.2, 0.25) is 0 Å². The van der Waals surface area contributed by atoms with E-state index in [1.165, 1.54) is 0 Å². The predicted molar refractivity (Wildman–Crippen MR) is 93.1 cm³/mol. The lowest BCUT2D eigenvalue weighted by atomic mass is 9.99. The van der Waals surface area contributed by atoms with Gasteiger partial charge in [-0.1, -0.05) is 12.8 Å². The van der Waals surface area contributed by atoms with Gasteiger partial charge in [-0.05, 0) is 55.4 Å². The van der Waals surface area contributed by atoms with E-state index in [1.807, 2.05) is 0 Å². The Morgan fingerprint density at radius 1 is 1.21 bits per heavy atom. The van der Waals surface area contributed by atoms with Crippen molar-refractivity contribution in [2.24, 2.45) is 11.7 Å². The lowest BCUT2D eigenvalue weighted by Gasteiger charge is -2.23. The molecular formula is C17H25N3O3S. The molecule has 4 N–H and O–H groups in total. The summed E-state index contributed by atoms with van der Waals surface area (Å²) in [5, 5.41) is 2.82. The number of carbonyl (C=O) groups is 1. The molecule has 0 bridgehead atoms. The first kappa shape index (κ1) is 17.4. The minimum absolute atomic E-state index is 0.0214. The molecule has 1 aromatic rings. The number of rotatable bonds is 5. The number of sulfonamides is 1. The summed E-state index contributed by atoms with van der Waals surface area (Å²) in [5.41, 5.74) is 7.39. The largest absolute Gasteiger partial charge is 0.329 e. The lowest BCUT2D eigenvalue weighted by Crippen LogP contribution is -2.44. The van der Waals surface area contributed by atoms with Crippen molar-refractivity contribution in [3.8, 4) is 0 Å². The van der Waals surface area contributed by atoms with Crippen LogP contribution in [-0.4, -0.2) is 26.9 Å². The highest BCUT2D eigenvalue weighted by Crippen LogP contribution is 2.29. The second kappa shape index (κ2) is 7.21. The summed E-state index contributed by atoms with van der Waals surface area (Å²) in [6.45, 7) is 0.310. The zero-order valence-corrected chi connectivity index (χ0v) is 14.6. The number of benzene rings is 1. The van der Waals surface area contributed by atoms with Crippen molar-refractivity contribution in [1.82, 2.24) is 4.72 Å². The van der Waals surface area contributed by atoms with Crippen LogP contribution < -0.4 is 15.8 Å². The van der Waals surface area contributed by atoms with Crippen LogP contribution >= 0.6 is 0 Å². The average molecular weight is 351 g/mol. The summed E-state index contributed by atoms with van der Waals surface area (Å²) in [6, 6.07) is 4.69. The van der Waals surface area contributed by atoms with E-state index < -0.39 is 10.0 Å². The van der Waals surface area contributed by atoms with Gasteiger partial charge in [0, 0.05) is 24.7 Å². The minimum atomic E-state index is -3.61. The van der Waals surface area contributed by atoms with E-state index in [9.17, 15) is 13.2 Å². The molecule has 3 rings (SSSR count). The van der Waals surface area contributed by atoms with Crippen molar-refractivity contribution in [1.29, 1.82) is 0 Å². The van der Waals surface area contributed by atoms with Gasteiger partial charge in [0.15, 0.2) is 0 Å². The molecule has 1 amide bonds. The molecule has 6 nitrogen and oxygen atoms in total. The number of nitrogens with two attached hydrogens (primary N) is 1. The van der Waals surface area contributed by atoms with Gasteiger partial charge in [0.1, 0.15) is 0 Å². The van der Waals surface area contributed by atoms with E-state index in [1.54, 1.807) is 18.2 Å². The lowest BCUT2D eigenvalue weighted by molar-refractivity contribution is -0.116. The van der Waals surface area contributed by atoms with Crippen LogP contribution in [0.3, 0.4) is 0 Å². The number of carbonyl (C=O) groups excluding carboxylic acids is 1. The molecule has 0 spiro atoms. The highest BCUT2D eigenvalue weighted by atomic mass is 32.2. The minimum Gasteiger partial charge on any atom is -0.329 e. The Hall–Kier alpha value is -1.44.